The summed E-state index contributed by atoms with van der Waals surface area (Å²) in [4.78, 5) is 11.8. The van der Waals surface area contributed by atoms with Crippen molar-refractivity contribution in [1.29, 1.82) is 5.26 Å². The average Bonchev–Trinajstić information content (AvgIpc) is 2.80. The highest BCUT2D eigenvalue weighted by Gasteiger charge is 2.27. The van der Waals surface area contributed by atoms with Crippen molar-refractivity contribution in [2.24, 2.45) is 0 Å². The number of nitriles is 1. The molecule has 3 nitrogen and oxygen atoms in total. The molecule has 0 spiro atoms. The van der Waals surface area contributed by atoms with E-state index in [1.807, 2.05) is 48.5 Å². The predicted molar refractivity (Wildman–Crippen MR) is 150 cm³/mol. The second-order valence-electron chi connectivity index (χ2n) is 11.5. The second-order valence-corrected chi connectivity index (χ2v) is 22.9. The van der Waals surface area contributed by atoms with E-state index in [9.17, 15) is 9.90 Å². The van der Waals surface area contributed by atoms with Gasteiger partial charge in [-0.1, -0.05) is 105 Å². The van der Waals surface area contributed by atoms with E-state index in [4.69, 9.17) is 5.26 Å². The van der Waals surface area contributed by atoms with Crippen molar-refractivity contribution < 1.29 is 9.90 Å². The van der Waals surface area contributed by atoms with Crippen LogP contribution in [0.5, 0.6) is 0 Å². The summed E-state index contributed by atoms with van der Waals surface area (Å²) < 4.78 is 0. The minimum atomic E-state index is -1.15. The largest absolute Gasteiger partial charge is 0.545 e. The molecule has 0 amide bonds. The van der Waals surface area contributed by atoms with Crippen molar-refractivity contribution in [3.8, 4) is 28.3 Å². The third-order valence-corrected chi connectivity index (χ3v) is 16.2. The molecule has 0 aliphatic heterocycles. The molecule has 0 saturated heterocycles. The van der Waals surface area contributed by atoms with Gasteiger partial charge in [0.05, 0.1) is 17.6 Å². The highest BCUT2D eigenvalue weighted by Crippen LogP contribution is 2.30. The van der Waals surface area contributed by atoms with E-state index in [0.717, 1.165) is 29.5 Å². The molecular formula is C30H36NO2Si2-. The molecule has 0 heterocycles. The SMILES string of the molecule is C[Si](C)(C)C[Si](C)(C)CCCCc1ccc(C(=O)[O-])c(-c2ccc(-c3ccc(C#N)cc3)cc2)c1. The number of carbonyl (C=O) groups excluding carboxylic acids is 1. The average molecular weight is 499 g/mol. The van der Waals surface area contributed by atoms with Crippen LogP contribution < -0.4 is 5.11 Å². The number of hydrogen-bond acceptors (Lipinski definition) is 3. The maximum absolute atomic E-state index is 11.8. The van der Waals surface area contributed by atoms with Crippen molar-refractivity contribution in [1.82, 2.24) is 0 Å². The molecule has 5 heteroatoms. The van der Waals surface area contributed by atoms with Crippen molar-refractivity contribution >= 4 is 22.1 Å². The molecule has 0 atom stereocenters. The smallest absolute Gasteiger partial charge is 0.0991 e. The lowest BCUT2D eigenvalue weighted by molar-refractivity contribution is -0.254. The summed E-state index contributed by atoms with van der Waals surface area (Å²) in [6.45, 7) is 12.5. The van der Waals surface area contributed by atoms with Crippen LogP contribution in [0.1, 0.15) is 34.3 Å². The molecule has 0 aromatic heterocycles. The Balaban J connectivity index is 1.73. The Morgan fingerprint density at radius 1 is 0.829 bits per heavy atom. The minimum absolute atomic E-state index is 0.226. The van der Waals surface area contributed by atoms with Crippen LogP contribution in [0.2, 0.25) is 44.4 Å². The zero-order valence-corrected chi connectivity index (χ0v) is 23.7. The monoisotopic (exact) mass is 498 g/mol. The predicted octanol–water partition coefficient (Wildman–Crippen LogP) is 7.16. The molecule has 3 aromatic carbocycles. The summed E-state index contributed by atoms with van der Waals surface area (Å²) in [7, 11) is -2.17. The summed E-state index contributed by atoms with van der Waals surface area (Å²) in [6, 6.07) is 24.5. The van der Waals surface area contributed by atoms with E-state index in [2.05, 4.69) is 38.8 Å². The third kappa shape index (κ3) is 7.78. The lowest BCUT2D eigenvalue weighted by Gasteiger charge is -2.29. The first-order valence-corrected chi connectivity index (χ1v) is 19.5. The van der Waals surface area contributed by atoms with E-state index in [-0.39, 0.29) is 5.56 Å². The molecule has 3 aromatic rings. The lowest BCUT2D eigenvalue weighted by atomic mass is 9.94. The maximum Gasteiger partial charge on any atom is 0.0991 e. The van der Waals surface area contributed by atoms with E-state index in [1.54, 1.807) is 18.2 Å². The van der Waals surface area contributed by atoms with Crippen molar-refractivity contribution in [2.45, 2.75) is 63.7 Å². The van der Waals surface area contributed by atoms with Gasteiger partial charge in [0.15, 0.2) is 0 Å². The number of nitrogens with zero attached hydrogens (tertiary/aromatic N) is 1. The van der Waals surface area contributed by atoms with Gasteiger partial charge in [-0.15, -0.1) is 0 Å². The molecule has 0 unspecified atom stereocenters. The van der Waals surface area contributed by atoms with Gasteiger partial charge >= 0.3 is 0 Å². The molecule has 0 aliphatic rings. The standard InChI is InChI=1S/C30H37NO2Si2/c1-34(2,3)22-35(4,5)19-7-6-8-23-11-18-28(30(32)33)29(20-23)27-16-14-26(15-17-27)25-12-9-24(21-31)10-13-25/h9-18,20H,6-8,19,22H2,1-5H3,(H,32,33)/p-1. The number of carbonyl (C=O) groups is 1. The molecule has 0 bridgehead atoms. The summed E-state index contributed by atoms with van der Waals surface area (Å²) in [5.74, 6) is -1.15. The molecule has 3 rings (SSSR count). The molecule has 0 N–H and O–H groups in total. The van der Waals surface area contributed by atoms with Gasteiger partial charge in [0.25, 0.3) is 0 Å². The molecule has 35 heavy (non-hydrogen) atoms. The fourth-order valence-corrected chi connectivity index (χ4v) is 18.6. The van der Waals surface area contributed by atoms with Gasteiger partial charge in [-0.3, -0.25) is 0 Å². The Morgan fingerprint density at radius 3 is 1.94 bits per heavy atom. The first-order chi connectivity index (χ1) is 16.5. The molecule has 182 valence electrons. The van der Waals surface area contributed by atoms with Gasteiger partial charge in [-0.25, -0.2) is 0 Å². The van der Waals surface area contributed by atoms with Crippen LogP contribution in [-0.2, 0) is 6.42 Å². The first-order valence-electron chi connectivity index (χ1n) is 12.4. The van der Waals surface area contributed by atoms with Crippen LogP contribution in [0.4, 0.5) is 0 Å². The third-order valence-electron chi connectivity index (χ3n) is 6.43. The Labute approximate surface area is 212 Å². The molecular weight excluding hydrogens is 463 g/mol. The van der Waals surface area contributed by atoms with Crippen molar-refractivity contribution in [3.05, 3.63) is 83.4 Å². The van der Waals surface area contributed by atoms with Crippen LogP contribution in [0.15, 0.2) is 66.7 Å². The zero-order valence-electron chi connectivity index (χ0n) is 21.7. The minimum Gasteiger partial charge on any atom is -0.545 e. The van der Waals surface area contributed by atoms with E-state index < -0.39 is 22.1 Å². The molecule has 0 saturated carbocycles. The Kier molecular flexibility index (Phi) is 8.53. The van der Waals surface area contributed by atoms with Crippen LogP contribution >= 0.6 is 0 Å². The Hall–Kier alpha value is -2.95. The highest BCUT2D eigenvalue weighted by atomic mass is 28.4. The second kappa shape index (κ2) is 11.2. The van der Waals surface area contributed by atoms with Crippen LogP contribution in [0, 0.1) is 11.3 Å². The topological polar surface area (TPSA) is 63.9 Å². The quantitative estimate of drug-likeness (QED) is 0.220. The van der Waals surface area contributed by atoms with Crippen molar-refractivity contribution in [2.75, 3.05) is 0 Å². The van der Waals surface area contributed by atoms with Gasteiger partial charge < -0.3 is 9.90 Å². The zero-order chi connectivity index (χ0) is 25.6. The van der Waals surface area contributed by atoms with Crippen LogP contribution in [-0.4, -0.2) is 22.1 Å². The number of carboxylic acid groups (broad SMARTS) is 1. The van der Waals surface area contributed by atoms with E-state index in [1.165, 1.54) is 23.7 Å². The summed E-state index contributed by atoms with van der Waals surface area (Å²) in [5.41, 5.74) is 7.12. The lowest BCUT2D eigenvalue weighted by Crippen LogP contribution is -2.37. The van der Waals surface area contributed by atoms with Crippen LogP contribution in [0.25, 0.3) is 22.3 Å². The normalized spacial score (nSPS) is 11.8. The Morgan fingerprint density at radius 2 is 1.40 bits per heavy atom. The maximum atomic E-state index is 11.8. The highest BCUT2D eigenvalue weighted by molar-refractivity contribution is 6.94. The summed E-state index contributed by atoms with van der Waals surface area (Å²) in [5, 5.41) is 20.8. The fraction of sp³-hybridized carbons (Fsp3) is 0.333. The number of aryl methyl sites for hydroxylation is 1. The first kappa shape index (κ1) is 26.7. The van der Waals surface area contributed by atoms with E-state index >= 15 is 0 Å². The number of hydrogen-bond donors (Lipinski definition) is 0. The van der Waals surface area contributed by atoms with Gasteiger partial charge in [-0.2, -0.15) is 5.26 Å². The van der Waals surface area contributed by atoms with Crippen molar-refractivity contribution in [3.63, 3.8) is 0 Å². The van der Waals surface area contributed by atoms with Gasteiger partial charge in [-0.05, 0) is 52.8 Å². The number of benzene rings is 3. The summed E-state index contributed by atoms with van der Waals surface area (Å²) in [6.07, 6.45) is 3.32. The number of unbranched alkanes of at least 4 members (excludes halogenated alkanes) is 1. The van der Waals surface area contributed by atoms with Gasteiger partial charge in [0.2, 0.25) is 0 Å². The molecule has 0 fully saturated rings. The van der Waals surface area contributed by atoms with E-state index in [0.29, 0.717) is 11.1 Å². The fourth-order valence-electron chi connectivity index (χ4n) is 5.20. The molecule has 0 radical (unpaired) electrons. The van der Waals surface area contributed by atoms with Gasteiger partial charge in [0.1, 0.15) is 0 Å². The molecule has 0 aliphatic carbocycles. The summed E-state index contributed by atoms with van der Waals surface area (Å²) >= 11 is 0. The number of aromatic carboxylic acids is 1. The van der Waals surface area contributed by atoms with Crippen LogP contribution in [0.3, 0.4) is 0 Å². The number of carboxylic acids is 1. The Bertz CT molecular complexity index is 1200. The number of rotatable bonds is 10. The van der Waals surface area contributed by atoms with Gasteiger partial charge in [0, 0.05) is 21.7 Å².